The van der Waals surface area contributed by atoms with Crippen molar-refractivity contribution in [3.05, 3.63) is 60.8 Å². The standard InChI is InChI=1S/C39H66O4/c1-3-5-7-9-10-11-12-13-14-15-16-17-18-19-20-21-22-23-24-26-32-36-39(42)43-37(33-29-25-8-6-4-2)34-30-27-28-31-35-38(40)41/h5,7,10-11,13-14,16-17,29,33,37H,3-4,6,8-9,12,15,18-28,30-32,34-36H2,1-2H3,(H,40,41)/b7-5-,11-10-,14-13-,17-16-,33-29-. The number of carbonyl (C=O) groups excluding carboxylic acids is 1. The Morgan fingerprint density at radius 2 is 1.05 bits per heavy atom. The van der Waals surface area contributed by atoms with Crippen LogP contribution >= 0.6 is 0 Å². The molecule has 0 aromatic rings. The van der Waals surface area contributed by atoms with Crippen molar-refractivity contribution in [1.82, 2.24) is 0 Å². The van der Waals surface area contributed by atoms with Gasteiger partial charge in [-0.2, -0.15) is 0 Å². The first-order valence-corrected chi connectivity index (χ1v) is 17.8. The van der Waals surface area contributed by atoms with Crippen molar-refractivity contribution < 1.29 is 19.4 Å². The van der Waals surface area contributed by atoms with E-state index in [-0.39, 0.29) is 18.5 Å². The first-order valence-electron chi connectivity index (χ1n) is 17.8. The van der Waals surface area contributed by atoms with Crippen molar-refractivity contribution in [1.29, 1.82) is 0 Å². The summed E-state index contributed by atoms with van der Waals surface area (Å²) in [6.45, 7) is 4.36. The number of esters is 1. The summed E-state index contributed by atoms with van der Waals surface area (Å²) in [6.07, 6.45) is 46.9. The molecule has 0 saturated carbocycles. The topological polar surface area (TPSA) is 63.6 Å². The second-order valence-electron chi connectivity index (χ2n) is 11.7. The number of hydrogen-bond acceptors (Lipinski definition) is 3. The van der Waals surface area contributed by atoms with E-state index in [2.05, 4.69) is 74.6 Å². The molecule has 0 aromatic heterocycles. The molecule has 0 rings (SSSR count). The lowest BCUT2D eigenvalue weighted by Crippen LogP contribution is -2.16. The number of ether oxygens (including phenoxy) is 1. The number of allylic oxidation sites excluding steroid dienone is 9. The van der Waals surface area contributed by atoms with Gasteiger partial charge >= 0.3 is 11.9 Å². The lowest BCUT2D eigenvalue weighted by molar-refractivity contribution is -0.147. The van der Waals surface area contributed by atoms with E-state index in [9.17, 15) is 9.59 Å². The van der Waals surface area contributed by atoms with Crippen LogP contribution in [0.25, 0.3) is 0 Å². The Hall–Kier alpha value is -2.36. The number of carboxylic acid groups (broad SMARTS) is 1. The molecule has 0 heterocycles. The maximum absolute atomic E-state index is 12.5. The van der Waals surface area contributed by atoms with Gasteiger partial charge in [-0.15, -0.1) is 0 Å². The Morgan fingerprint density at radius 3 is 1.65 bits per heavy atom. The molecule has 1 N–H and O–H groups in total. The van der Waals surface area contributed by atoms with Crippen LogP contribution in [0.3, 0.4) is 0 Å². The van der Waals surface area contributed by atoms with Gasteiger partial charge in [-0.3, -0.25) is 9.59 Å². The third-order valence-corrected chi connectivity index (χ3v) is 7.46. The molecule has 0 saturated heterocycles. The van der Waals surface area contributed by atoms with Crippen LogP contribution in [0.1, 0.15) is 168 Å². The average molecular weight is 599 g/mol. The van der Waals surface area contributed by atoms with Gasteiger partial charge in [-0.1, -0.05) is 133 Å². The zero-order valence-corrected chi connectivity index (χ0v) is 28.0. The maximum atomic E-state index is 12.5. The minimum atomic E-state index is -0.727. The quantitative estimate of drug-likeness (QED) is 0.0490. The summed E-state index contributed by atoms with van der Waals surface area (Å²) in [7, 11) is 0. The molecule has 4 nitrogen and oxygen atoms in total. The van der Waals surface area contributed by atoms with Crippen molar-refractivity contribution in [2.45, 2.75) is 174 Å². The van der Waals surface area contributed by atoms with Crippen LogP contribution in [-0.2, 0) is 14.3 Å². The van der Waals surface area contributed by atoms with Crippen molar-refractivity contribution >= 4 is 11.9 Å². The highest BCUT2D eigenvalue weighted by molar-refractivity contribution is 5.69. The van der Waals surface area contributed by atoms with Gasteiger partial charge in [0.1, 0.15) is 6.10 Å². The van der Waals surface area contributed by atoms with E-state index in [0.29, 0.717) is 6.42 Å². The summed E-state index contributed by atoms with van der Waals surface area (Å²) in [5, 5.41) is 8.78. The van der Waals surface area contributed by atoms with Crippen LogP contribution in [0.5, 0.6) is 0 Å². The van der Waals surface area contributed by atoms with Gasteiger partial charge in [-0.05, 0) is 83.1 Å². The summed E-state index contributed by atoms with van der Waals surface area (Å²) < 4.78 is 5.81. The van der Waals surface area contributed by atoms with E-state index in [1.165, 1.54) is 64.2 Å². The molecule has 43 heavy (non-hydrogen) atoms. The molecule has 0 aliphatic heterocycles. The summed E-state index contributed by atoms with van der Waals surface area (Å²) >= 11 is 0. The van der Waals surface area contributed by atoms with Crippen molar-refractivity contribution in [2.75, 3.05) is 0 Å². The molecule has 0 amide bonds. The van der Waals surface area contributed by atoms with Gasteiger partial charge in [0.2, 0.25) is 0 Å². The third kappa shape index (κ3) is 34.0. The fourth-order valence-corrected chi connectivity index (χ4v) is 4.85. The van der Waals surface area contributed by atoms with Crippen molar-refractivity contribution in [3.8, 4) is 0 Å². The Bertz CT molecular complexity index is 774. The Balaban J connectivity index is 3.83. The van der Waals surface area contributed by atoms with Crippen LogP contribution in [-0.4, -0.2) is 23.1 Å². The van der Waals surface area contributed by atoms with Gasteiger partial charge in [0.25, 0.3) is 0 Å². The first kappa shape index (κ1) is 40.6. The third-order valence-electron chi connectivity index (χ3n) is 7.46. The normalized spacial score (nSPS) is 13.0. The van der Waals surface area contributed by atoms with E-state index in [4.69, 9.17) is 9.84 Å². The first-order chi connectivity index (χ1) is 21.1. The highest BCUT2D eigenvalue weighted by Crippen LogP contribution is 2.15. The molecule has 0 aliphatic rings. The molecule has 0 fully saturated rings. The summed E-state index contributed by atoms with van der Waals surface area (Å²) in [4.78, 5) is 23.1. The highest BCUT2D eigenvalue weighted by Gasteiger charge is 2.11. The predicted octanol–water partition coefficient (Wildman–Crippen LogP) is 12.2. The maximum Gasteiger partial charge on any atom is 0.306 e. The number of unbranched alkanes of at least 4 members (excludes halogenated alkanes) is 14. The molecule has 1 unspecified atom stereocenters. The second kappa shape index (κ2) is 34.1. The smallest absolute Gasteiger partial charge is 0.306 e. The van der Waals surface area contributed by atoms with Crippen LogP contribution in [0.2, 0.25) is 0 Å². The fourth-order valence-electron chi connectivity index (χ4n) is 4.85. The highest BCUT2D eigenvalue weighted by atomic mass is 16.5. The van der Waals surface area contributed by atoms with Crippen LogP contribution in [0.4, 0.5) is 0 Å². The molecule has 0 aliphatic carbocycles. The van der Waals surface area contributed by atoms with E-state index in [1.807, 2.05) is 0 Å². The van der Waals surface area contributed by atoms with Crippen LogP contribution in [0.15, 0.2) is 60.8 Å². The van der Waals surface area contributed by atoms with Gasteiger partial charge in [-0.25, -0.2) is 0 Å². The second-order valence-corrected chi connectivity index (χ2v) is 11.7. The number of rotatable bonds is 31. The molecule has 246 valence electrons. The van der Waals surface area contributed by atoms with E-state index >= 15 is 0 Å². The van der Waals surface area contributed by atoms with Gasteiger partial charge in [0.05, 0.1) is 0 Å². The van der Waals surface area contributed by atoms with Gasteiger partial charge in [0, 0.05) is 12.8 Å². The molecule has 0 radical (unpaired) electrons. The lowest BCUT2D eigenvalue weighted by atomic mass is 10.1. The number of carbonyl (C=O) groups is 2. The molecule has 0 aromatic carbocycles. The zero-order valence-electron chi connectivity index (χ0n) is 28.0. The number of aliphatic carboxylic acids is 1. The fraction of sp³-hybridized carbons (Fsp3) is 0.692. The van der Waals surface area contributed by atoms with Crippen molar-refractivity contribution in [2.24, 2.45) is 0 Å². The van der Waals surface area contributed by atoms with Crippen LogP contribution in [0, 0.1) is 0 Å². The Morgan fingerprint density at radius 1 is 0.558 bits per heavy atom. The number of carboxylic acids is 1. The van der Waals surface area contributed by atoms with Crippen LogP contribution < -0.4 is 0 Å². The summed E-state index contributed by atoms with van der Waals surface area (Å²) in [5.41, 5.74) is 0. The SMILES string of the molecule is CC/C=C\C/C=C\C/C=C\C/C=C\CCCCCCCCCCC(=O)OC(/C=C\CCCCC)CCCCCCC(=O)O. The van der Waals surface area contributed by atoms with Gasteiger partial charge in [0.15, 0.2) is 0 Å². The Kier molecular flexibility index (Phi) is 32.3. The van der Waals surface area contributed by atoms with Crippen molar-refractivity contribution in [3.63, 3.8) is 0 Å². The predicted molar refractivity (Wildman–Crippen MR) is 185 cm³/mol. The summed E-state index contributed by atoms with van der Waals surface area (Å²) in [5.74, 6) is -0.805. The molecule has 4 heteroatoms. The lowest BCUT2D eigenvalue weighted by Gasteiger charge is -2.15. The summed E-state index contributed by atoms with van der Waals surface area (Å²) in [6, 6.07) is 0. The monoisotopic (exact) mass is 598 g/mol. The molecule has 0 bridgehead atoms. The molecule has 0 spiro atoms. The molecular weight excluding hydrogens is 532 g/mol. The largest absolute Gasteiger partial charge is 0.481 e. The minimum absolute atomic E-state index is 0.0788. The minimum Gasteiger partial charge on any atom is -0.481 e. The van der Waals surface area contributed by atoms with E-state index in [1.54, 1.807) is 0 Å². The Labute approximate surface area is 265 Å². The van der Waals surface area contributed by atoms with Gasteiger partial charge < -0.3 is 9.84 Å². The molecular formula is C39H66O4. The van der Waals surface area contributed by atoms with E-state index < -0.39 is 5.97 Å². The number of hydrogen-bond donors (Lipinski definition) is 1. The zero-order chi connectivity index (χ0) is 31.5. The average Bonchev–Trinajstić information content (AvgIpc) is 2.99. The molecule has 1 atom stereocenters. The van der Waals surface area contributed by atoms with E-state index in [0.717, 1.165) is 77.0 Å².